The maximum atomic E-state index is 13.1. The van der Waals surface area contributed by atoms with E-state index in [1.165, 1.54) is 12.1 Å². The van der Waals surface area contributed by atoms with Crippen molar-refractivity contribution in [3.8, 4) is 11.3 Å². The van der Waals surface area contributed by atoms with Crippen LogP contribution in [0.3, 0.4) is 0 Å². The highest BCUT2D eigenvalue weighted by molar-refractivity contribution is 5.96. The van der Waals surface area contributed by atoms with E-state index in [9.17, 15) is 9.18 Å². The lowest BCUT2D eigenvalue weighted by Crippen LogP contribution is -2.26. The normalized spacial score (nSPS) is 14.6. The lowest BCUT2D eigenvalue weighted by Gasteiger charge is -2.19. The third kappa shape index (κ3) is 4.26. The van der Waals surface area contributed by atoms with Gasteiger partial charge in [-0.25, -0.2) is 9.37 Å². The molecule has 0 spiro atoms. The smallest absolute Gasteiger partial charge is 0.251 e. The van der Waals surface area contributed by atoms with Gasteiger partial charge in [-0.2, -0.15) is 0 Å². The monoisotopic (exact) mass is 390 g/mol. The highest BCUT2D eigenvalue weighted by Crippen LogP contribution is 2.29. The molecule has 0 aliphatic carbocycles. The van der Waals surface area contributed by atoms with E-state index >= 15 is 0 Å². The predicted molar refractivity (Wildman–Crippen MR) is 111 cm³/mol. The van der Waals surface area contributed by atoms with Gasteiger partial charge in [0.25, 0.3) is 5.91 Å². The summed E-state index contributed by atoms with van der Waals surface area (Å²) >= 11 is 0. The predicted octanol–water partition coefficient (Wildman–Crippen LogP) is 4.37. The number of nitrogens with zero attached hydrogens (tertiary/aromatic N) is 3. The van der Waals surface area contributed by atoms with Crippen molar-refractivity contribution >= 4 is 11.7 Å². The second-order valence-electron chi connectivity index (χ2n) is 7.25. The van der Waals surface area contributed by atoms with E-state index < -0.39 is 0 Å². The van der Waals surface area contributed by atoms with Crippen molar-refractivity contribution in [3.63, 3.8) is 0 Å². The number of hydrogen-bond donors (Lipinski definition) is 1. The van der Waals surface area contributed by atoms with Crippen molar-refractivity contribution in [2.45, 2.75) is 25.8 Å². The molecule has 1 atom stereocenters. The summed E-state index contributed by atoms with van der Waals surface area (Å²) < 4.78 is 13.1. The second-order valence-corrected chi connectivity index (χ2v) is 7.25. The largest absolute Gasteiger partial charge is 0.355 e. The Kier molecular flexibility index (Phi) is 5.51. The molecule has 0 saturated carbocycles. The number of carbonyl (C=O) groups excluding carboxylic acids is 1. The number of amides is 1. The standard InChI is InChI=1S/C23H23FN4O/c1-16(17-7-9-20(24)10-8-17)27-23(29)19-6-4-5-18(15-19)21-22(26-12-11-25-21)28-13-2-3-14-28/h4-12,15-16H,2-3,13-14H2,1H3,(H,27,29)/t16-/m0/s1. The average Bonchev–Trinajstić information content (AvgIpc) is 3.29. The molecule has 1 aliphatic rings. The van der Waals surface area contributed by atoms with Crippen LogP contribution in [0.5, 0.6) is 0 Å². The minimum absolute atomic E-state index is 0.185. The number of carbonyl (C=O) groups is 1. The molecule has 0 radical (unpaired) electrons. The summed E-state index contributed by atoms with van der Waals surface area (Å²) in [4.78, 5) is 24.1. The first kappa shape index (κ1) is 19.1. The molecule has 0 unspecified atom stereocenters. The Morgan fingerprint density at radius 2 is 1.79 bits per heavy atom. The molecule has 1 N–H and O–H groups in total. The molecule has 1 amide bonds. The molecule has 4 rings (SSSR count). The third-order valence-electron chi connectivity index (χ3n) is 5.20. The van der Waals surface area contributed by atoms with E-state index in [0.717, 1.165) is 48.6 Å². The van der Waals surface area contributed by atoms with E-state index in [4.69, 9.17) is 0 Å². The van der Waals surface area contributed by atoms with Crippen LogP contribution >= 0.6 is 0 Å². The Morgan fingerprint density at radius 3 is 2.55 bits per heavy atom. The molecule has 0 bridgehead atoms. The van der Waals surface area contributed by atoms with E-state index in [0.29, 0.717) is 5.56 Å². The summed E-state index contributed by atoms with van der Waals surface area (Å²) in [6.45, 7) is 3.82. The first-order valence-corrected chi connectivity index (χ1v) is 9.84. The summed E-state index contributed by atoms with van der Waals surface area (Å²) in [5, 5.41) is 2.97. The second kappa shape index (κ2) is 8.39. The van der Waals surface area contributed by atoms with Gasteiger partial charge >= 0.3 is 0 Å². The molecular weight excluding hydrogens is 367 g/mol. The van der Waals surface area contributed by atoms with E-state index in [-0.39, 0.29) is 17.8 Å². The Balaban J connectivity index is 1.56. The molecule has 5 nitrogen and oxygen atoms in total. The van der Waals surface area contributed by atoms with Gasteiger partial charge in [-0.3, -0.25) is 9.78 Å². The number of hydrogen-bond acceptors (Lipinski definition) is 4. The topological polar surface area (TPSA) is 58.1 Å². The van der Waals surface area contributed by atoms with E-state index in [1.54, 1.807) is 30.6 Å². The van der Waals surface area contributed by atoms with Gasteiger partial charge in [0.15, 0.2) is 5.82 Å². The Bertz CT molecular complexity index is 1000. The van der Waals surface area contributed by atoms with Crippen LogP contribution in [0.1, 0.15) is 41.7 Å². The van der Waals surface area contributed by atoms with Crippen molar-refractivity contribution in [1.82, 2.24) is 15.3 Å². The summed E-state index contributed by atoms with van der Waals surface area (Å²) in [5.74, 6) is 0.385. The molecule has 1 aliphatic heterocycles. The van der Waals surface area contributed by atoms with Gasteiger partial charge in [-0.1, -0.05) is 24.3 Å². The number of halogens is 1. The first-order chi connectivity index (χ1) is 14.1. The highest BCUT2D eigenvalue weighted by atomic mass is 19.1. The zero-order chi connectivity index (χ0) is 20.2. The molecule has 148 valence electrons. The van der Waals surface area contributed by atoms with Gasteiger partial charge < -0.3 is 10.2 Å². The van der Waals surface area contributed by atoms with E-state index in [1.807, 2.05) is 25.1 Å². The number of rotatable bonds is 5. The van der Waals surface area contributed by atoms with Crippen LogP contribution < -0.4 is 10.2 Å². The van der Waals surface area contributed by atoms with Crippen molar-refractivity contribution in [3.05, 3.63) is 77.9 Å². The first-order valence-electron chi connectivity index (χ1n) is 9.84. The Labute approximate surface area is 169 Å². The van der Waals surface area contributed by atoms with Crippen molar-refractivity contribution in [2.75, 3.05) is 18.0 Å². The van der Waals surface area contributed by atoms with Crippen LogP contribution in [0.15, 0.2) is 60.9 Å². The molecule has 1 saturated heterocycles. The summed E-state index contributed by atoms with van der Waals surface area (Å²) in [5.41, 5.74) is 3.05. The molecule has 6 heteroatoms. The average molecular weight is 390 g/mol. The van der Waals surface area contributed by atoms with E-state index in [2.05, 4.69) is 20.2 Å². The summed E-state index contributed by atoms with van der Waals surface area (Å²) in [6.07, 6.45) is 5.69. The Morgan fingerprint density at radius 1 is 1.07 bits per heavy atom. The molecule has 2 heterocycles. The molecule has 29 heavy (non-hydrogen) atoms. The minimum Gasteiger partial charge on any atom is -0.355 e. The maximum Gasteiger partial charge on any atom is 0.251 e. The van der Waals surface area contributed by atoms with Crippen LogP contribution in [0, 0.1) is 5.82 Å². The maximum absolute atomic E-state index is 13.1. The quantitative estimate of drug-likeness (QED) is 0.703. The lowest BCUT2D eigenvalue weighted by atomic mass is 10.1. The minimum atomic E-state index is -0.294. The van der Waals surface area contributed by atoms with Crippen molar-refractivity contribution in [1.29, 1.82) is 0 Å². The molecule has 1 aromatic heterocycles. The van der Waals surface area contributed by atoms with Crippen molar-refractivity contribution in [2.24, 2.45) is 0 Å². The van der Waals surface area contributed by atoms with Gasteiger partial charge in [-0.05, 0) is 49.6 Å². The summed E-state index contributed by atoms with van der Waals surface area (Å²) in [6, 6.07) is 13.3. The van der Waals surface area contributed by atoms with Gasteiger partial charge in [0.05, 0.1) is 6.04 Å². The number of benzene rings is 2. The van der Waals surface area contributed by atoms with Crippen LogP contribution in [0.25, 0.3) is 11.3 Å². The fourth-order valence-electron chi connectivity index (χ4n) is 3.62. The third-order valence-corrected chi connectivity index (χ3v) is 5.20. The van der Waals surface area contributed by atoms with Gasteiger partial charge in [-0.15, -0.1) is 0 Å². The van der Waals surface area contributed by atoms with Gasteiger partial charge in [0, 0.05) is 36.6 Å². The SMILES string of the molecule is C[C@H](NC(=O)c1cccc(-c2nccnc2N2CCCC2)c1)c1ccc(F)cc1. The molecule has 2 aromatic carbocycles. The molecule has 3 aromatic rings. The van der Waals surface area contributed by atoms with Crippen LogP contribution in [-0.2, 0) is 0 Å². The van der Waals surface area contributed by atoms with Gasteiger partial charge in [0.1, 0.15) is 11.5 Å². The number of anilines is 1. The zero-order valence-electron chi connectivity index (χ0n) is 16.3. The highest BCUT2D eigenvalue weighted by Gasteiger charge is 2.19. The zero-order valence-corrected chi connectivity index (χ0v) is 16.3. The van der Waals surface area contributed by atoms with Crippen LogP contribution in [-0.4, -0.2) is 29.0 Å². The summed E-state index contributed by atoms with van der Waals surface area (Å²) in [7, 11) is 0. The number of aromatic nitrogens is 2. The van der Waals surface area contributed by atoms with Crippen molar-refractivity contribution < 1.29 is 9.18 Å². The molecular formula is C23H23FN4O. The fraction of sp³-hybridized carbons (Fsp3) is 0.261. The van der Waals surface area contributed by atoms with Gasteiger partial charge in [0.2, 0.25) is 0 Å². The Hall–Kier alpha value is -3.28. The molecule has 1 fully saturated rings. The fourth-order valence-corrected chi connectivity index (χ4v) is 3.62. The van der Waals surface area contributed by atoms with Crippen LogP contribution in [0.4, 0.5) is 10.2 Å². The van der Waals surface area contributed by atoms with Crippen LogP contribution in [0.2, 0.25) is 0 Å². The number of nitrogens with one attached hydrogen (secondary N) is 1. The lowest BCUT2D eigenvalue weighted by molar-refractivity contribution is 0.0940.